The van der Waals surface area contributed by atoms with Crippen LogP contribution in [-0.2, 0) is 6.54 Å². The number of benzene rings is 1. The molecule has 1 aromatic carbocycles. The van der Waals surface area contributed by atoms with Gasteiger partial charge in [-0.15, -0.1) is 0 Å². The van der Waals surface area contributed by atoms with Gasteiger partial charge in [-0.3, -0.25) is 14.6 Å². The minimum Gasteiger partial charge on any atom is -0.489 e. The zero-order valence-electron chi connectivity index (χ0n) is 17.8. The van der Waals surface area contributed by atoms with E-state index >= 15 is 0 Å². The van der Waals surface area contributed by atoms with Crippen molar-refractivity contribution in [1.29, 1.82) is 0 Å². The molecule has 0 spiro atoms. The summed E-state index contributed by atoms with van der Waals surface area (Å²) in [7, 11) is 0. The highest BCUT2D eigenvalue weighted by molar-refractivity contribution is 5.95. The molecule has 2 N–H and O–H groups in total. The monoisotopic (exact) mass is 420 g/mol. The van der Waals surface area contributed by atoms with E-state index in [9.17, 15) is 9.59 Å². The fraction of sp³-hybridized carbons (Fsp3) is 0.375. The van der Waals surface area contributed by atoms with Gasteiger partial charge in [0.15, 0.2) is 0 Å². The number of amides is 1. The molecule has 31 heavy (non-hydrogen) atoms. The standard InChI is InChI=1S/C24H28N4O3/c1-17-9-13-28(16-18-5-3-10-25-15-18)24(30)21(17)23(29)27-12-14-31-20-8-2-6-19-7-4-11-26-22(19)20/h2,4,6-9,11,13,18,25H,3,5,10,12,14-16H2,1H3,(H,27,29). The summed E-state index contributed by atoms with van der Waals surface area (Å²) in [6, 6.07) is 11.4. The lowest BCUT2D eigenvalue weighted by atomic mass is 9.99. The van der Waals surface area contributed by atoms with Crippen molar-refractivity contribution in [2.75, 3.05) is 26.2 Å². The highest BCUT2D eigenvalue weighted by Crippen LogP contribution is 2.22. The van der Waals surface area contributed by atoms with E-state index in [2.05, 4.69) is 15.6 Å². The van der Waals surface area contributed by atoms with Gasteiger partial charge in [0.1, 0.15) is 23.4 Å². The average Bonchev–Trinajstić information content (AvgIpc) is 2.79. The van der Waals surface area contributed by atoms with Crippen LogP contribution in [0.15, 0.2) is 53.6 Å². The van der Waals surface area contributed by atoms with Crippen molar-refractivity contribution in [3.63, 3.8) is 0 Å². The summed E-state index contributed by atoms with van der Waals surface area (Å²) >= 11 is 0. The van der Waals surface area contributed by atoms with Gasteiger partial charge in [-0.2, -0.15) is 0 Å². The van der Waals surface area contributed by atoms with Crippen LogP contribution in [0, 0.1) is 12.8 Å². The molecule has 1 atom stereocenters. The van der Waals surface area contributed by atoms with Crippen LogP contribution < -0.4 is 20.9 Å². The molecular formula is C24H28N4O3. The fourth-order valence-corrected chi connectivity index (χ4v) is 4.05. The van der Waals surface area contributed by atoms with Gasteiger partial charge in [0.25, 0.3) is 11.5 Å². The largest absolute Gasteiger partial charge is 0.489 e. The van der Waals surface area contributed by atoms with Crippen LogP contribution in [0.2, 0.25) is 0 Å². The predicted molar refractivity (Wildman–Crippen MR) is 121 cm³/mol. The van der Waals surface area contributed by atoms with Gasteiger partial charge in [0, 0.05) is 24.3 Å². The van der Waals surface area contributed by atoms with Crippen LogP contribution in [0.5, 0.6) is 5.75 Å². The van der Waals surface area contributed by atoms with Gasteiger partial charge < -0.3 is 19.9 Å². The number of para-hydroxylation sites is 1. The number of hydrogen-bond acceptors (Lipinski definition) is 5. The smallest absolute Gasteiger partial charge is 0.263 e. The number of rotatable bonds is 7. The first kappa shape index (κ1) is 21.1. The van der Waals surface area contributed by atoms with E-state index in [1.165, 1.54) is 0 Å². The second-order valence-electron chi connectivity index (χ2n) is 7.98. The van der Waals surface area contributed by atoms with Crippen molar-refractivity contribution < 1.29 is 9.53 Å². The summed E-state index contributed by atoms with van der Waals surface area (Å²) in [5.41, 5.74) is 1.44. The number of hydrogen-bond donors (Lipinski definition) is 2. The lowest BCUT2D eigenvalue weighted by molar-refractivity contribution is 0.0944. The molecule has 162 valence electrons. The number of aromatic nitrogens is 2. The van der Waals surface area contributed by atoms with Crippen LogP contribution in [-0.4, -0.2) is 41.7 Å². The van der Waals surface area contributed by atoms with Crippen molar-refractivity contribution >= 4 is 16.8 Å². The molecule has 1 amide bonds. The molecule has 1 unspecified atom stereocenters. The van der Waals surface area contributed by atoms with Crippen LogP contribution in [0.1, 0.15) is 28.8 Å². The third-order valence-corrected chi connectivity index (χ3v) is 5.70. The molecule has 1 saturated heterocycles. The van der Waals surface area contributed by atoms with E-state index in [4.69, 9.17) is 4.74 Å². The molecule has 1 aliphatic heterocycles. The van der Waals surface area contributed by atoms with Gasteiger partial charge in [0.05, 0.1) is 6.54 Å². The van der Waals surface area contributed by atoms with E-state index in [0.717, 1.165) is 36.8 Å². The summed E-state index contributed by atoms with van der Waals surface area (Å²) in [4.78, 5) is 30.1. The van der Waals surface area contributed by atoms with Crippen molar-refractivity contribution in [3.8, 4) is 5.75 Å². The van der Waals surface area contributed by atoms with E-state index in [-0.39, 0.29) is 23.6 Å². The molecule has 0 aliphatic carbocycles. The van der Waals surface area contributed by atoms with E-state index < -0.39 is 0 Å². The molecule has 1 fully saturated rings. The van der Waals surface area contributed by atoms with Crippen molar-refractivity contribution in [1.82, 2.24) is 20.2 Å². The van der Waals surface area contributed by atoms with E-state index in [1.807, 2.05) is 36.4 Å². The SMILES string of the molecule is Cc1ccn(CC2CCCNC2)c(=O)c1C(=O)NCCOc1cccc2cccnc12. The molecule has 3 aromatic rings. The first-order valence-corrected chi connectivity index (χ1v) is 10.8. The van der Waals surface area contributed by atoms with Crippen LogP contribution >= 0.6 is 0 Å². The van der Waals surface area contributed by atoms with E-state index in [1.54, 1.807) is 23.9 Å². The molecule has 4 rings (SSSR count). The topological polar surface area (TPSA) is 85.2 Å². The number of carbonyl (C=O) groups is 1. The Bertz CT molecular complexity index is 1110. The number of nitrogens with one attached hydrogen (secondary N) is 2. The Hall–Kier alpha value is -3.19. The molecule has 0 saturated carbocycles. The lowest BCUT2D eigenvalue weighted by Crippen LogP contribution is -2.38. The summed E-state index contributed by atoms with van der Waals surface area (Å²) in [5, 5.41) is 7.19. The number of fused-ring (bicyclic) bond motifs is 1. The van der Waals surface area contributed by atoms with Gasteiger partial charge in [-0.1, -0.05) is 18.2 Å². The molecule has 0 bridgehead atoms. The number of nitrogens with zero attached hydrogens (tertiary/aromatic N) is 2. The zero-order valence-corrected chi connectivity index (χ0v) is 17.8. The maximum atomic E-state index is 12.9. The highest BCUT2D eigenvalue weighted by atomic mass is 16.5. The molecule has 2 aromatic heterocycles. The van der Waals surface area contributed by atoms with Crippen molar-refractivity contribution in [2.45, 2.75) is 26.3 Å². The number of ether oxygens (including phenoxy) is 1. The molecule has 3 heterocycles. The second-order valence-corrected chi connectivity index (χ2v) is 7.98. The van der Waals surface area contributed by atoms with Crippen LogP contribution in [0.3, 0.4) is 0 Å². The predicted octanol–water partition coefficient (Wildman–Crippen LogP) is 2.51. The quantitative estimate of drug-likeness (QED) is 0.574. The van der Waals surface area contributed by atoms with Crippen LogP contribution in [0.4, 0.5) is 0 Å². The molecule has 7 heteroatoms. The van der Waals surface area contributed by atoms with Gasteiger partial charge >= 0.3 is 0 Å². The minimum absolute atomic E-state index is 0.207. The first-order chi connectivity index (χ1) is 15.1. The van der Waals surface area contributed by atoms with Crippen LogP contribution in [0.25, 0.3) is 10.9 Å². The zero-order chi connectivity index (χ0) is 21.6. The Balaban J connectivity index is 1.38. The Kier molecular flexibility index (Phi) is 6.62. The summed E-state index contributed by atoms with van der Waals surface area (Å²) in [6.45, 7) is 4.94. The Morgan fingerprint density at radius 1 is 1.29 bits per heavy atom. The van der Waals surface area contributed by atoms with Crippen molar-refractivity contribution in [3.05, 3.63) is 70.3 Å². The summed E-state index contributed by atoms with van der Waals surface area (Å²) in [5.74, 6) is 0.720. The number of aryl methyl sites for hydroxylation is 1. The third-order valence-electron chi connectivity index (χ3n) is 5.70. The lowest BCUT2D eigenvalue weighted by Gasteiger charge is -2.23. The molecule has 0 radical (unpaired) electrons. The summed E-state index contributed by atoms with van der Waals surface area (Å²) in [6.07, 6.45) is 5.73. The van der Waals surface area contributed by atoms with E-state index in [0.29, 0.717) is 30.3 Å². The number of piperidine rings is 1. The third kappa shape index (κ3) is 4.94. The molecule has 7 nitrogen and oxygen atoms in total. The minimum atomic E-state index is -0.363. The first-order valence-electron chi connectivity index (χ1n) is 10.8. The summed E-state index contributed by atoms with van der Waals surface area (Å²) < 4.78 is 7.49. The van der Waals surface area contributed by atoms with Gasteiger partial charge in [0.2, 0.25) is 0 Å². The number of carbonyl (C=O) groups excluding carboxylic acids is 1. The average molecular weight is 421 g/mol. The highest BCUT2D eigenvalue weighted by Gasteiger charge is 2.19. The Morgan fingerprint density at radius 3 is 3.00 bits per heavy atom. The fourth-order valence-electron chi connectivity index (χ4n) is 4.05. The second kappa shape index (κ2) is 9.75. The maximum Gasteiger partial charge on any atom is 0.263 e. The van der Waals surface area contributed by atoms with Gasteiger partial charge in [-0.05, 0) is 62.5 Å². The normalized spacial score (nSPS) is 16.2. The molecular weight excluding hydrogens is 392 g/mol. The van der Waals surface area contributed by atoms with Gasteiger partial charge in [-0.25, -0.2) is 0 Å². The Morgan fingerprint density at radius 2 is 2.16 bits per heavy atom. The molecule has 1 aliphatic rings. The Labute approximate surface area is 181 Å². The maximum absolute atomic E-state index is 12.9. The van der Waals surface area contributed by atoms with Crippen molar-refractivity contribution in [2.24, 2.45) is 5.92 Å². The number of pyridine rings is 2.